The van der Waals surface area contributed by atoms with Gasteiger partial charge in [-0.3, -0.25) is 14.4 Å². The first-order valence-corrected chi connectivity index (χ1v) is 9.28. The fourth-order valence-corrected chi connectivity index (χ4v) is 3.63. The average molecular weight is 445 g/mol. The number of hydrogen-bond acceptors (Lipinski definition) is 3. The maximum Gasteiger partial charge on any atom is 0.416 e. The lowest BCUT2D eigenvalue weighted by Gasteiger charge is -2.36. The van der Waals surface area contributed by atoms with E-state index in [2.05, 4.69) is 5.32 Å². The van der Waals surface area contributed by atoms with Gasteiger partial charge in [-0.05, 0) is 30.2 Å². The molecule has 1 saturated heterocycles. The van der Waals surface area contributed by atoms with Gasteiger partial charge in [-0.15, -0.1) is 0 Å². The van der Waals surface area contributed by atoms with Crippen molar-refractivity contribution in [2.45, 2.75) is 18.5 Å². The number of alkyl halides is 3. The van der Waals surface area contributed by atoms with Crippen molar-refractivity contribution in [3.05, 3.63) is 64.4 Å². The summed E-state index contributed by atoms with van der Waals surface area (Å²) in [5.41, 5.74) is -0.944. The van der Waals surface area contributed by atoms with Gasteiger partial charge in [0.05, 0.1) is 23.4 Å². The van der Waals surface area contributed by atoms with Gasteiger partial charge in [-0.1, -0.05) is 35.9 Å². The summed E-state index contributed by atoms with van der Waals surface area (Å²) in [6.07, 6.45) is -4.40. The van der Waals surface area contributed by atoms with Gasteiger partial charge >= 0.3 is 6.18 Å². The number of nitrogens with zero attached hydrogens (tertiary/aromatic N) is 1. The SMILES string of the molecule is CON1CC[C@H](c2cccc(C(F)(F)F)c2)[C@@H](C(=O)Nc2cccc(Cl)c2F)C1=O. The molecule has 1 heterocycles. The highest BCUT2D eigenvalue weighted by molar-refractivity contribution is 6.31. The molecule has 0 aromatic heterocycles. The van der Waals surface area contributed by atoms with E-state index in [1.807, 2.05) is 0 Å². The number of anilines is 1. The lowest BCUT2D eigenvalue weighted by atomic mass is 9.79. The summed E-state index contributed by atoms with van der Waals surface area (Å²) in [5, 5.41) is 3.05. The number of halogens is 5. The number of hydroxylamine groups is 2. The zero-order valence-electron chi connectivity index (χ0n) is 15.7. The molecule has 2 atom stereocenters. The first-order valence-electron chi connectivity index (χ1n) is 8.91. The Morgan fingerprint density at radius 2 is 1.93 bits per heavy atom. The molecule has 0 radical (unpaired) electrons. The van der Waals surface area contributed by atoms with Crippen molar-refractivity contribution in [2.75, 3.05) is 19.0 Å². The van der Waals surface area contributed by atoms with Crippen LogP contribution in [0.15, 0.2) is 42.5 Å². The smallest absolute Gasteiger partial charge is 0.323 e. The predicted molar refractivity (Wildman–Crippen MR) is 101 cm³/mol. The largest absolute Gasteiger partial charge is 0.416 e. The molecule has 0 aliphatic carbocycles. The van der Waals surface area contributed by atoms with E-state index in [0.29, 0.717) is 0 Å². The van der Waals surface area contributed by atoms with Gasteiger partial charge in [0.15, 0.2) is 5.82 Å². The van der Waals surface area contributed by atoms with Crippen LogP contribution in [0.4, 0.5) is 23.2 Å². The molecule has 160 valence electrons. The Hall–Kier alpha value is -2.65. The predicted octanol–water partition coefficient (Wildman–Crippen LogP) is 4.63. The Morgan fingerprint density at radius 1 is 1.23 bits per heavy atom. The molecule has 10 heteroatoms. The zero-order valence-corrected chi connectivity index (χ0v) is 16.4. The Balaban J connectivity index is 1.97. The maximum absolute atomic E-state index is 14.2. The summed E-state index contributed by atoms with van der Waals surface area (Å²) < 4.78 is 53.6. The van der Waals surface area contributed by atoms with Crippen LogP contribution in [0, 0.1) is 11.7 Å². The van der Waals surface area contributed by atoms with Crippen LogP contribution < -0.4 is 5.32 Å². The number of piperidine rings is 1. The molecule has 2 aromatic rings. The topological polar surface area (TPSA) is 58.6 Å². The second kappa shape index (κ2) is 8.61. The number of carbonyl (C=O) groups excluding carboxylic acids is 2. The number of nitrogens with one attached hydrogen (secondary N) is 1. The lowest BCUT2D eigenvalue weighted by molar-refractivity contribution is -0.188. The first kappa shape index (κ1) is 22.0. The summed E-state index contributed by atoms with van der Waals surface area (Å²) in [4.78, 5) is 30.7. The molecule has 3 rings (SSSR count). The second-order valence-corrected chi connectivity index (χ2v) is 7.12. The van der Waals surface area contributed by atoms with Crippen LogP contribution in [0.5, 0.6) is 0 Å². The van der Waals surface area contributed by atoms with Crippen LogP contribution in [0.2, 0.25) is 5.02 Å². The number of hydrogen-bond donors (Lipinski definition) is 1. The van der Waals surface area contributed by atoms with E-state index < -0.39 is 41.2 Å². The minimum Gasteiger partial charge on any atom is -0.323 e. The number of benzene rings is 2. The molecule has 0 unspecified atom stereocenters. The van der Waals surface area contributed by atoms with E-state index in [1.54, 1.807) is 0 Å². The van der Waals surface area contributed by atoms with Crippen molar-refractivity contribution in [1.82, 2.24) is 5.06 Å². The normalized spacial score (nSPS) is 19.7. The van der Waals surface area contributed by atoms with Gasteiger partial charge in [0.2, 0.25) is 5.91 Å². The third kappa shape index (κ3) is 4.41. The Kier molecular flexibility index (Phi) is 6.33. The molecule has 1 N–H and O–H groups in total. The molecule has 0 spiro atoms. The third-order valence-corrected chi connectivity index (χ3v) is 5.20. The van der Waals surface area contributed by atoms with E-state index in [4.69, 9.17) is 16.4 Å². The molecule has 1 aliphatic heterocycles. The van der Waals surface area contributed by atoms with Gasteiger partial charge in [0.1, 0.15) is 5.92 Å². The van der Waals surface area contributed by atoms with Crippen molar-refractivity contribution >= 4 is 29.1 Å². The minimum atomic E-state index is -4.57. The highest BCUT2D eigenvalue weighted by atomic mass is 35.5. The van der Waals surface area contributed by atoms with Crippen LogP contribution in [-0.4, -0.2) is 30.5 Å². The molecule has 1 fully saturated rings. The van der Waals surface area contributed by atoms with Crippen molar-refractivity contribution in [3.63, 3.8) is 0 Å². The van der Waals surface area contributed by atoms with Gasteiger partial charge in [0.25, 0.3) is 5.91 Å². The second-order valence-electron chi connectivity index (χ2n) is 6.71. The average Bonchev–Trinajstić information content (AvgIpc) is 2.70. The monoisotopic (exact) mass is 444 g/mol. The van der Waals surface area contributed by atoms with E-state index in [9.17, 15) is 27.2 Å². The molecule has 30 heavy (non-hydrogen) atoms. The molecule has 2 amide bonds. The van der Waals surface area contributed by atoms with Crippen LogP contribution in [-0.2, 0) is 20.6 Å². The van der Waals surface area contributed by atoms with Gasteiger partial charge in [-0.2, -0.15) is 13.2 Å². The Labute approximate surface area is 174 Å². The van der Waals surface area contributed by atoms with E-state index in [1.165, 1.54) is 37.4 Å². The van der Waals surface area contributed by atoms with Crippen molar-refractivity contribution < 1.29 is 32.0 Å². The summed E-state index contributed by atoms with van der Waals surface area (Å²) in [6.45, 7) is 0.0888. The highest BCUT2D eigenvalue weighted by Crippen LogP contribution is 2.38. The number of amides is 2. The summed E-state index contributed by atoms with van der Waals surface area (Å²) in [5.74, 6) is -4.75. The van der Waals surface area contributed by atoms with Crippen molar-refractivity contribution in [1.29, 1.82) is 0 Å². The van der Waals surface area contributed by atoms with Crippen molar-refractivity contribution in [3.8, 4) is 0 Å². The van der Waals surface area contributed by atoms with Crippen LogP contribution in [0.3, 0.4) is 0 Å². The zero-order chi connectivity index (χ0) is 22.1. The summed E-state index contributed by atoms with van der Waals surface area (Å²) in [7, 11) is 1.24. The number of carbonyl (C=O) groups is 2. The maximum atomic E-state index is 14.2. The van der Waals surface area contributed by atoms with Crippen LogP contribution in [0.25, 0.3) is 0 Å². The van der Waals surface area contributed by atoms with E-state index in [-0.39, 0.29) is 29.2 Å². The first-order chi connectivity index (χ1) is 14.1. The molecular formula is C20H17ClF4N2O3. The quantitative estimate of drug-likeness (QED) is 0.552. The molecule has 2 aromatic carbocycles. The molecule has 1 aliphatic rings. The van der Waals surface area contributed by atoms with Crippen molar-refractivity contribution in [2.24, 2.45) is 5.92 Å². The van der Waals surface area contributed by atoms with Crippen LogP contribution >= 0.6 is 11.6 Å². The van der Waals surface area contributed by atoms with Gasteiger partial charge < -0.3 is 5.32 Å². The van der Waals surface area contributed by atoms with Gasteiger partial charge in [0, 0.05) is 12.5 Å². The Morgan fingerprint density at radius 3 is 2.60 bits per heavy atom. The van der Waals surface area contributed by atoms with E-state index >= 15 is 0 Å². The Bertz CT molecular complexity index is 967. The third-order valence-electron chi connectivity index (χ3n) is 4.91. The minimum absolute atomic E-state index is 0.0888. The fourth-order valence-electron chi connectivity index (χ4n) is 3.45. The molecular weight excluding hydrogens is 428 g/mol. The summed E-state index contributed by atoms with van der Waals surface area (Å²) >= 11 is 5.71. The standard InChI is InChI=1S/C20H17ClF4N2O3/c1-30-27-9-8-13(11-4-2-5-12(10-11)20(23,24)25)16(19(27)29)18(28)26-15-7-3-6-14(21)17(15)22/h2-7,10,13,16H,8-9H2,1H3,(H,26,28)/t13-,16+/m1/s1. The molecule has 0 bridgehead atoms. The van der Waals surface area contributed by atoms with Gasteiger partial charge in [-0.25, -0.2) is 9.45 Å². The van der Waals surface area contributed by atoms with Crippen LogP contribution in [0.1, 0.15) is 23.5 Å². The molecule has 0 saturated carbocycles. The molecule has 5 nitrogen and oxygen atoms in total. The fraction of sp³-hybridized carbons (Fsp3) is 0.300. The summed E-state index contributed by atoms with van der Waals surface area (Å²) in [6, 6.07) is 8.44. The highest BCUT2D eigenvalue weighted by Gasteiger charge is 2.43. The lowest BCUT2D eigenvalue weighted by Crippen LogP contribution is -2.48. The number of rotatable bonds is 4. The van der Waals surface area contributed by atoms with E-state index in [0.717, 1.165) is 17.2 Å².